The summed E-state index contributed by atoms with van der Waals surface area (Å²) in [6.07, 6.45) is 0. The zero-order valence-corrected chi connectivity index (χ0v) is 14.8. The molecule has 2 amide bonds. The molecule has 0 unspecified atom stereocenters. The minimum Gasteiger partial charge on any atom is -0.495 e. The molecule has 0 radical (unpaired) electrons. The van der Waals surface area contributed by atoms with Gasteiger partial charge in [0.2, 0.25) is 0 Å². The summed E-state index contributed by atoms with van der Waals surface area (Å²) in [4.78, 5) is 24.1. The Labute approximate surface area is 147 Å². The van der Waals surface area contributed by atoms with Crippen LogP contribution in [0.15, 0.2) is 40.9 Å². The summed E-state index contributed by atoms with van der Waals surface area (Å²) < 4.78 is 5.99. The SMILES string of the molecule is CNC(=O)c1ccc(OC)c(NC(=O)c2ccc(Br)cc2Cl)c1. The van der Waals surface area contributed by atoms with E-state index in [1.807, 2.05) is 0 Å². The predicted octanol–water partition coefficient (Wildman–Crippen LogP) is 3.72. The van der Waals surface area contributed by atoms with Gasteiger partial charge in [0.1, 0.15) is 5.75 Å². The van der Waals surface area contributed by atoms with Crippen molar-refractivity contribution >= 4 is 45.0 Å². The molecule has 0 heterocycles. The highest BCUT2D eigenvalue weighted by molar-refractivity contribution is 9.10. The second kappa shape index (κ2) is 7.48. The fourth-order valence-electron chi connectivity index (χ4n) is 1.95. The topological polar surface area (TPSA) is 67.4 Å². The van der Waals surface area contributed by atoms with Gasteiger partial charge in [-0.15, -0.1) is 0 Å². The molecule has 0 aliphatic heterocycles. The van der Waals surface area contributed by atoms with Gasteiger partial charge in [-0.3, -0.25) is 9.59 Å². The third-order valence-electron chi connectivity index (χ3n) is 3.11. The van der Waals surface area contributed by atoms with E-state index < -0.39 is 5.91 Å². The number of amides is 2. The molecule has 0 atom stereocenters. The van der Waals surface area contributed by atoms with Crippen molar-refractivity contribution < 1.29 is 14.3 Å². The number of hydrogen-bond donors (Lipinski definition) is 2. The van der Waals surface area contributed by atoms with Crippen molar-refractivity contribution in [3.63, 3.8) is 0 Å². The molecule has 2 aromatic rings. The number of nitrogens with one attached hydrogen (secondary N) is 2. The molecule has 5 nitrogen and oxygen atoms in total. The Balaban J connectivity index is 2.34. The summed E-state index contributed by atoms with van der Waals surface area (Å²) >= 11 is 9.37. The minimum atomic E-state index is -0.394. The van der Waals surface area contributed by atoms with Crippen molar-refractivity contribution in [3.05, 3.63) is 57.0 Å². The summed E-state index contributed by atoms with van der Waals surface area (Å²) in [5, 5.41) is 5.56. The van der Waals surface area contributed by atoms with E-state index in [0.29, 0.717) is 27.6 Å². The van der Waals surface area contributed by atoms with Crippen LogP contribution in [-0.2, 0) is 0 Å². The van der Waals surface area contributed by atoms with Crippen LogP contribution >= 0.6 is 27.5 Å². The standard InChI is InChI=1S/C16H14BrClN2O3/c1-19-15(21)9-3-6-14(23-2)13(7-9)20-16(22)11-5-4-10(17)8-12(11)18/h3-8H,1-2H3,(H,19,21)(H,20,22). The van der Waals surface area contributed by atoms with E-state index >= 15 is 0 Å². The number of carbonyl (C=O) groups excluding carboxylic acids is 2. The van der Waals surface area contributed by atoms with Crippen LogP contribution in [0.25, 0.3) is 0 Å². The predicted molar refractivity (Wildman–Crippen MR) is 93.5 cm³/mol. The molecule has 23 heavy (non-hydrogen) atoms. The number of benzene rings is 2. The van der Waals surface area contributed by atoms with Crippen LogP contribution in [0.4, 0.5) is 5.69 Å². The average Bonchev–Trinajstić information content (AvgIpc) is 2.53. The van der Waals surface area contributed by atoms with E-state index in [2.05, 4.69) is 26.6 Å². The van der Waals surface area contributed by atoms with E-state index in [9.17, 15) is 9.59 Å². The molecule has 120 valence electrons. The number of rotatable bonds is 4. The number of halogens is 2. The molecule has 0 saturated carbocycles. The lowest BCUT2D eigenvalue weighted by Gasteiger charge is -2.12. The Morgan fingerprint density at radius 2 is 1.87 bits per heavy atom. The largest absolute Gasteiger partial charge is 0.495 e. The number of methoxy groups -OCH3 is 1. The number of carbonyl (C=O) groups is 2. The first-order valence-corrected chi connectivity index (χ1v) is 7.80. The van der Waals surface area contributed by atoms with Crippen LogP contribution in [0.1, 0.15) is 20.7 Å². The van der Waals surface area contributed by atoms with Gasteiger partial charge < -0.3 is 15.4 Å². The third kappa shape index (κ3) is 4.03. The summed E-state index contributed by atoms with van der Waals surface area (Å²) in [7, 11) is 3.02. The Morgan fingerprint density at radius 3 is 2.48 bits per heavy atom. The van der Waals surface area contributed by atoms with Crippen LogP contribution < -0.4 is 15.4 Å². The lowest BCUT2D eigenvalue weighted by Crippen LogP contribution is -2.19. The fourth-order valence-corrected chi connectivity index (χ4v) is 2.71. The maximum absolute atomic E-state index is 12.4. The quantitative estimate of drug-likeness (QED) is 0.826. The lowest BCUT2D eigenvalue weighted by atomic mass is 10.1. The van der Waals surface area contributed by atoms with E-state index in [0.717, 1.165) is 4.47 Å². The smallest absolute Gasteiger partial charge is 0.257 e. The highest BCUT2D eigenvalue weighted by Crippen LogP contribution is 2.28. The number of hydrogen-bond acceptors (Lipinski definition) is 3. The fraction of sp³-hybridized carbons (Fsp3) is 0.125. The van der Waals surface area contributed by atoms with Gasteiger partial charge in [0.05, 0.1) is 23.4 Å². The minimum absolute atomic E-state index is 0.259. The molecule has 0 bridgehead atoms. The van der Waals surface area contributed by atoms with Crippen LogP contribution in [0, 0.1) is 0 Å². The molecular formula is C16H14BrClN2O3. The molecule has 0 fully saturated rings. The van der Waals surface area contributed by atoms with Crippen molar-refractivity contribution in [2.45, 2.75) is 0 Å². The molecule has 0 spiro atoms. The first-order valence-electron chi connectivity index (χ1n) is 6.62. The molecule has 0 aromatic heterocycles. The second-order valence-electron chi connectivity index (χ2n) is 4.57. The highest BCUT2D eigenvalue weighted by atomic mass is 79.9. The molecule has 2 N–H and O–H groups in total. The van der Waals surface area contributed by atoms with Gasteiger partial charge in [-0.25, -0.2) is 0 Å². The summed E-state index contributed by atoms with van der Waals surface area (Å²) in [6.45, 7) is 0. The van der Waals surface area contributed by atoms with E-state index in [1.54, 1.807) is 36.4 Å². The molecular weight excluding hydrogens is 384 g/mol. The number of ether oxygens (including phenoxy) is 1. The van der Waals surface area contributed by atoms with Gasteiger partial charge in [0, 0.05) is 17.1 Å². The van der Waals surface area contributed by atoms with Gasteiger partial charge in [0.15, 0.2) is 0 Å². The molecule has 0 aliphatic carbocycles. The Bertz CT molecular complexity index is 765. The van der Waals surface area contributed by atoms with Gasteiger partial charge in [-0.1, -0.05) is 27.5 Å². The Morgan fingerprint density at radius 1 is 1.13 bits per heavy atom. The summed E-state index contributed by atoms with van der Waals surface area (Å²) in [5.74, 6) is -0.209. The number of anilines is 1. The van der Waals surface area contributed by atoms with Crippen LogP contribution in [0.5, 0.6) is 5.75 Å². The van der Waals surface area contributed by atoms with Crippen molar-refractivity contribution in [2.75, 3.05) is 19.5 Å². The Hall–Kier alpha value is -2.05. The van der Waals surface area contributed by atoms with E-state index in [4.69, 9.17) is 16.3 Å². The van der Waals surface area contributed by atoms with Gasteiger partial charge >= 0.3 is 0 Å². The highest BCUT2D eigenvalue weighted by Gasteiger charge is 2.15. The normalized spacial score (nSPS) is 10.1. The summed E-state index contributed by atoms with van der Waals surface area (Å²) in [6, 6.07) is 9.73. The van der Waals surface area contributed by atoms with Crippen molar-refractivity contribution in [1.29, 1.82) is 0 Å². The maximum Gasteiger partial charge on any atom is 0.257 e. The van der Waals surface area contributed by atoms with Crippen molar-refractivity contribution in [2.24, 2.45) is 0 Å². The van der Waals surface area contributed by atoms with Crippen LogP contribution in [-0.4, -0.2) is 26.0 Å². The average molecular weight is 398 g/mol. The molecule has 7 heteroatoms. The van der Waals surface area contributed by atoms with Gasteiger partial charge in [-0.05, 0) is 36.4 Å². The molecule has 2 rings (SSSR count). The molecule has 0 saturated heterocycles. The molecule has 2 aromatic carbocycles. The lowest BCUT2D eigenvalue weighted by molar-refractivity contribution is 0.0961. The molecule has 0 aliphatic rings. The van der Waals surface area contributed by atoms with Crippen LogP contribution in [0.3, 0.4) is 0 Å². The van der Waals surface area contributed by atoms with Crippen molar-refractivity contribution in [1.82, 2.24) is 5.32 Å². The van der Waals surface area contributed by atoms with Crippen LogP contribution in [0.2, 0.25) is 5.02 Å². The first-order chi connectivity index (χ1) is 11.0. The van der Waals surface area contributed by atoms with E-state index in [1.165, 1.54) is 14.2 Å². The van der Waals surface area contributed by atoms with Gasteiger partial charge in [0.25, 0.3) is 11.8 Å². The zero-order valence-electron chi connectivity index (χ0n) is 12.4. The first kappa shape index (κ1) is 17.3. The zero-order chi connectivity index (χ0) is 17.0. The maximum atomic E-state index is 12.4. The van der Waals surface area contributed by atoms with Crippen molar-refractivity contribution in [3.8, 4) is 5.75 Å². The van der Waals surface area contributed by atoms with E-state index in [-0.39, 0.29) is 5.91 Å². The third-order valence-corrected chi connectivity index (χ3v) is 3.92. The second-order valence-corrected chi connectivity index (χ2v) is 5.90. The monoisotopic (exact) mass is 396 g/mol. The summed E-state index contributed by atoms with van der Waals surface area (Å²) in [5.41, 5.74) is 1.12. The Kier molecular flexibility index (Phi) is 5.63. The van der Waals surface area contributed by atoms with Gasteiger partial charge in [-0.2, -0.15) is 0 Å².